The smallest absolute Gasteiger partial charge is 0.246 e. The Morgan fingerprint density at radius 1 is 1.17 bits per heavy atom. The number of amides is 1. The van der Waals surface area contributed by atoms with Crippen LogP contribution in [0.1, 0.15) is 31.2 Å². The third-order valence-electron chi connectivity index (χ3n) is 4.89. The number of hydrogen-bond acceptors (Lipinski definition) is 4. The standard InChI is InChI=1S/C18H23BrN2O3/c1-23-15-8-7-12(11-16(15)24-2)17-13-5-3-4-6-14(13)18(22)21(20-17)10-9-19/h7-8,11,13-14H,3-6,9-10H2,1-2H3/t13-,14+/m1/s1. The molecule has 0 saturated heterocycles. The van der Waals surface area contributed by atoms with E-state index < -0.39 is 0 Å². The molecule has 0 radical (unpaired) electrons. The van der Waals surface area contributed by atoms with Gasteiger partial charge in [0.15, 0.2) is 11.5 Å². The van der Waals surface area contributed by atoms with Gasteiger partial charge in [-0.2, -0.15) is 5.10 Å². The highest BCUT2D eigenvalue weighted by atomic mass is 79.9. The number of methoxy groups -OCH3 is 2. The largest absolute Gasteiger partial charge is 0.493 e. The lowest BCUT2D eigenvalue weighted by Gasteiger charge is -2.38. The highest BCUT2D eigenvalue weighted by Crippen LogP contribution is 2.38. The lowest BCUT2D eigenvalue weighted by atomic mass is 9.73. The van der Waals surface area contributed by atoms with Crippen LogP contribution in [-0.2, 0) is 4.79 Å². The highest BCUT2D eigenvalue weighted by molar-refractivity contribution is 9.09. The number of benzene rings is 1. The number of alkyl halides is 1. The Kier molecular flexibility index (Phi) is 5.43. The Bertz CT molecular complexity index is 647. The van der Waals surface area contributed by atoms with Crippen LogP contribution in [0.5, 0.6) is 11.5 Å². The number of hydrogen-bond donors (Lipinski definition) is 0. The molecule has 2 aliphatic rings. The zero-order valence-electron chi connectivity index (χ0n) is 14.1. The zero-order chi connectivity index (χ0) is 17.1. The maximum atomic E-state index is 12.7. The van der Waals surface area contributed by atoms with Crippen molar-refractivity contribution < 1.29 is 14.3 Å². The van der Waals surface area contributed by atoms with E-state index in [1.54, 1.807) is 19.2 Å². The summed E-state index contributed by atoms with van der Waals surface area (Å²) in [4.78, 5) is 12.7. The number of carbonyl (C=O) groups is 1. The van der Waals surface area contributed by atoms with Crippen LogP contribution < -0.4 is 9.47 Å². The number of ether oxygens (including phenoxy) is 2. The Morgan fingerprint density at radius 2 is 1.88 bits per heavy atom. The van der Waals surface area contributed by atoms with E-state index in [1.165, 1.54) is 0 Å². The highest BCUT2D eigenvalue weighted by Gasteiger charge is 2.41. The topological polar surface area (TPSA) is 51.1 Å². The van der Waals surface area contributed by atoms with Crippen molar-refractivity contribution in [3.8, 4) is 11.5 Å². The maximum Gasteiger partial charge on any atom is 0.246 e. The van der Waals surface area contributed by atoms with Crippen LogP contribution in [0.15, 0.2) is 23.3 Å². The third kappa shape index (κ3) is 3.16. The molecular formula is C18H23BrN2O3. The summed E-state index contributed by atoms with van der Waals surface area (Å²) in [5.74, 6) is 1.82. The monoisotopic (exact) mass is 394 g/mol. The van der Waals surface area contributed by atoms with Gasteiger partial charge in [0, 0.05) is 22.7 Å². The molecule has 130 valence electrons. The van der Waals surface area contributed by atoms with Crippen LogP contribution in [0.3, 0.4) is 0 Å². The first-order valence-corrected chi connectivity index (χ1v) is 9.50. The van der Waals surface area contributed by atoms with E-state index in [2.05, 4.69) is 15.9 Å². The molecular weight excluding hydrogens is 372 g/mol. The van der Waals surface area contributed by atoms with Crippen molar-refractivity contribution in [2.24, 2.45) is 16.9 Å². The summed E-state index contributed by atoms with van der Waals surface area (Å²) < 4.78 is 10.8. The van der Waals surface area contributed by atoms with Crippen molar-refractivity contribution in [1.29, 1.82) is 0 Å². The van der Waals surface area contributed by atoms with E-state index in [0.717, 1.165) is 42.3 Å². The SMILES string of the molecule is COc1ccc(C2=NN(CCBr)C(=O)[C@H]3CCCC[C@@H]23)cc1OC. The number of halogens is 1. The molecule has 0 N–H and O–H groups in total. The van der Waals surface area contributed by atoms with E-state index in [9.17, 15) is 4.79 Å². The van der Waals surface area contributed by atoms with Crippen molar-refractivity contribution in [3.63, 3.8) is 0 Å². The molecule has 0 bridgehead atoms. The lowest BCUT2D eigenvalue weighted by Crippen LogP contribution is -2.46. The quantitative estimate of drug-likeness (QED) is 0.718. The van der Waals surface area contributed by atoms with Crippen LogP contribution in [0.2, 0.25) is 0 Å². The molecule has 24 heavy (non-hydrogen) atoms. The van der Waals surface area contributed by atoms with Crippen LogP contribution in [0.25, 0.3) is 0 Å². The first-order valence-electron chi connectivity index (χ1n) is 8.37. The fraction of sp³-hybridized carbons (Fsp3) is 0.556. The molecule has 6 heteroatoms. The fourth-order valence-electron chi connectivity index (χ4n) is 3.71. The molecule has 1 heterocycles. The molecule has 5 nitrogen and oxygen atoms in total. The predicted octanol–water partition coefficient (Wildman–Crippen LogP) is 3.45. The summed E-state index contributed by atoms with van der Waals surface area (Å²) >= 11 is 3.42. The predicted molar refractivity (Wildman–Crippen MR) is 97.0 cm³/mol. The van der Waals surface area contributed by atoms with E-state index in [4.69, 9.17) is 14.6 Å². The normalized spacial score (nSPS) is 23.5. The van der Waals surface area contributed by atoms with E-state index in [0.29, 0.717) is 18.0 Å². The maximum absolute atomic E-state index is 12.7. The van der Waals surface area contributed by atoms with Gasteiger partial charge in [0.1, 0.15) is 0 Å². The molecule has 1 fully saturated rings. The van der Waals surface area contributed by atoms with E-state index in [-0.39, 0.29) is 17.7 Å². The number of fused-ring (bicyclic) bond motifs is 1. The molecule has 1 amide bonds. The van der Waals surface area contributed by atoms with Gasteiger partial charge in [-0.05, 0) is 31.0 Å². The number of nitrogens with zero attached hydrogens (tertiary/aromatic N) is 2. The summed E-state index contributed by atoms with van der Waals surface area (Å²) in [5.41, 5.74) is 2.01. The second kappa shape index (κ2) is 7.55. The summed E-state index contributed by atoms with van der Waals surface area (Å²) in [5, 5.41) is 7.07. The molecule has 1 saturated carbocycles. The molecule has 2 atom stereocenters. The van der Waals surface area contributed by atoms with Crippen molar-refractivity contribution in [1.82, 2.24) is 5.01 Å². The minimum atomic E-state index is 0.0541. The van der Waals surface area contributed by atoms with Crippen molar-refractivity contribution in [3.05, 3.63) is 23.8 Å². The molecule has 1 aromatic carbocycles. The van der Waals surface area contributed by atoms with Gasteiger partial charge in [-0.25, -0.2) is 5.01 Å². The van der Waals surface area contributed by atoms with Crippen LogP contribution in [-0.4, -0.2) is 42.7 Å². The van der Waals surface area contributed by atoms with Crippen molar-refractivity contribution >= 4 is 27.5 Å². The fourth-order valence-corrected chi connectivity index (χ4v) is 4.04. The van der Waals surface area contributed by atoms with Gasteiger partial charge in [-0.3, -0.25) is 4.79 Å². The van der Waals surface area contributed by atoms with Crippen LogP contribution in [0, 0.1) is 11.8 Å². The average Bonchev–Trinajstić information content (AvgIpc) is 2.63. The Labute approximate surface area is 151 Å². The molecule has 0 unspecified atom stereocenters. The van der Waals surface area contributed by atoms with Gasteiger partial charge in [-0.15, -0.1) is 0 Å². The lowest BCUT2D eigenvalue weighted by molar-refractivity contribution is -0.138. The molecule has 3 rings (SSSR count). The van der Waals surface area contributed by atoms with Gasteiger partial charge >= 0.3 is 0 Å². The van der Waals surface area contributed by atoms with E-state index in [1.807, 2.05) is 18.2 Å². The first kappa shape index (κ1) is 17.3. The van der Waals surface area contributed by atoms with Crippen molar-refractivity contribution in [2.75, 3.05) is 26.1 Å². The Hall–Kier alpha value is -1.56. The average molecular weight is 395 g/mol. The Morgan fingerprint density at radius 3 is 2.54 bits per heavy atom. The van der Waals surface area contributed by atoms with Gasteiger partial charge in [-0.1, -0.05) is 28.8 Å². The first-order chi connectivity index (χ1) is 11.7. The summed E-state index contributed by atoms with van der Waals surface area (Å²) in [6, 6.07) is 5.87. The summed E-state index contributed by atoms with van der Waals surface area (Å²) in [7, 11) is 3.26. The third-order valence-corrected chi connectivity index (χ3v) is 5.25. The Balaban J connectivity index is 2.02. The van der Waals surface area contributed by atoms with Crippen LogP contribution in [0.4, 0.5) is 0 Å². The molecule has 1 aliphatic heterocycles. The number of rotatable bonds is 5. The van der Waals surface area contributed by atoms with Crippen LogP contribution >= 0.6 is 15.9 Å². The molecule has 0 spiro atoms. The van der Waals surface area contributed by atoms with Gasteiger partial charge < -0.3 is 9.47 Å². The minimum absolute atomic E-state index is 0.0541. The zero-order valence-corrected chi connectivity index (χ0v) is 15.7. The second-order valence-electron chi connectivity index (χ2n) is 6.20. The van der Waals surface area contributed by atoms with Gasteiger partial charge in [0.25, 0.3) is 0 Å². The summed E-state index contributed by atoms with van der Waals surface area (Å²) in [6.45, 7) is 0.596. The number of hydrazone groups is 1. The number of carbonyl (C=O) groups excluding carboxylic acids is 1. The molecule has 0 aromatic heterocycles. The van der Waals surface area contributed by atoms with Gasteiger partial charge in [0.2, 0.25) is 5.91 Å². The molecule has 1 aliphatic carbocycles. The minimum Gasteiger partial charge on any atom is -0.493 e. The molecule has 1 aromatic rings. The van der Waals surface area contributed by atoms with E-state index >= 15 is 0 Å². The second-order valence-corrected chi connectivity index (χ2v) is 7.00. The van der Waals surface area contributed by atoms with Crippen molar-refractivity contribution in [2.45, 2.75) is 25.7 Å². The summed E-state index contributed by atoms with van der Waals surface area (Å²) in [6.07, 6.45) is 4.24. The van der Waals surface area contributed by atoms with Gasteiger partial charge in [0.05, 0.1) is 26.5 Å².